The lowest BCUT2D eigenvalue weighted by Gasteiger charge is -2.16. The summed E-state index contributed by atoms with van der Waals surface area (Å²) in [5.41, 5.74) is 4.68. The van der Waals surface area contributed by atoms with E-state index in [4.69, 9.17) is 4.74 Å². The highest BCUT2D eigenvalue weighted by atomic mass is 19.4. The van der Waals surface area contributed by atoms with E-state index in [-0.39, 0.29) is 23.8 Å². The molecule has 0 spiro atoms. The topological polar surface area (TPSA) is 58.6 Å². The molecule has 0 aromatic heterocycles. The Kier molecular flexibility index (Phi) is 5.69. The van der Waals surface area contributed by atoms with E-state index in [9.17, 15) is 23.1 Å². The van der Waals surface area contributed by atoms with E-state index in [1.165, 1.54) is 24.3 Å². The Balaban J connectivity index is 1.42. The molecule has 1 aliphatic carbocycles. The molecule has 0 aliphatic heterocycles. The number of amides is 1. The third kappa shape index (κ3) is 4.72. The number of carbonyl (C=O) groups is 1. The highest BCUT2D eigenvalue weighted by molar-refractivity contribution is 5.85. The zero-order chi connectivity index (χ0) is 22.0. The van der Waals surface area contributed by atoms with Gasteiger partial charge in [0.2, 0.25) is 0 Å². The van der Waals surface area contributed by atoms with E-state index in [2.05, 4.69) is 5.32 Å². The number of rotatable bonds is 5. The van der Waals surface area contributed by atoms with Crippen LogP contribution in [0, 0.1) is 0 Å². The molecule has 0 fully saturated rings. The van der Waals surface area contributed by atoms with Gasteiger partial charge < -0.3 is 9.84 Å². The van der Waals surface area contributed by atoms with Crippen molar-refractivity contribution in [2.75, 3.05) is 11.9 Å². The van der Waals surface area contributed by atoms with Crippen molar-refractivity contribution in [2.45, 2.75) is 24.6 Å². The summed E-state index contributed by atoms with van der Waals surface area (Å²) in [5.74, 6) is -0.0990. The van der Waals surface area contributed by atoms with Crippen molar-refractivity contribution >= 4 is 11.8 Å². The van der Waals surface area contributed by atoms with Crippen molar-refractivity contribution in [1.29, 1.82) is 0 Å². The van der Waals surface area contributed by atoms with Crippen LogP contribution in [0.4, 0.5) is 23.7 Å². The summed E-state index contributed by atoms with van der Waals surface area (Å²) < 4.78 is 43.0. The van der Waals surface area contributed by atoms with Gasteiger partial charge in [0.25, 0.3) is 0 Å². The Bertz CT molecular complexity index is 1050. The molecule has 0 saturated carbocycles. The van der Waals surface area contributed by atoms with Crippen LogP contribution in [0.25, 0.3) is 11.1 Å². The highest BCUT2D eigenvalue weighted by Crippen LogP contribution is 2.44. The quantitative estimate of drug-likeness (QED) is 0.522. The van der Waals surface area contributed by atoms with E-state index in [0.717, 1.165) is 22.3 Å². The Hall–Kier alpha value is -3.32. The third-order valence-electron chi connectivity index (χ3n) is 5.29. The van der Waals surface area contributed by atoms with Crippen LogP contribution >= 0.6 is 0 Å². The molecule has 2 N–H and O–H groups in total. The van der Waals surface area contributed by atoms with E-state index in [1.54, 1.807) is 0 Å². The van der Waals surface area contributed by atoms with E-state index < -0.39 is 24.8 Å². The second kappa shape index (κ2) is 8.43. The Morgan fingerprint density at radius 2 is 1.58 bits per heavy atom. The van der Waals surface area contributed by atoms with Crippen LogP contribution in [0.5, 0.6) is 0 Å². The molecule has 4 rings (SSSR count). The molecule has 0 saturated heterocycles. The molecule has 7 heteroatoms. The largest absolute Gasteiger partial charge is 0.448 e. The van der Waals surface area contributed by atoms with Crippen LogP contribution in [-0.2, 0) is 4.74 Å². The normalized spacial score (nSPS) is 13.9. The fraction of sp³-hybridized carbons (Fsp3) is 0.208. The molecule has 1 aliphatic rings. The number of ether oxygens (including phenoxy) is 1. The van der Waals surface area contributed by atoms with Crippen LogP contribution < -0.4 is 5.32 Å². The zero-order valence-corrected chi connectivity index (χ0v) is 16.4. The fourth-order valence-electron chi connectivity index (χ4n) is 3.91. The SMILES string of the molecule is O=C(Nc1cccc(C(O)CC(F)(F)F)c1)OCC1c2ccccc2-c2ccccc21. The number of alkyl halides is 3. The standard InChI is InChI=1S/C24H20F3NO3/c25-24(26,27)13-22(29)15-6-5-7-16(12-15)28-23(30)31-14-21-19-10-3-1-8-17(19)18-9-2-4-11-20(18)21/h1-12,21-22,29H,13-14H2,(H,28,30). The van der Waals surface area contributed by atoms with Gasteiger partial charge in [0.05, 0.1) is 12.5 Å². The predicted octanol–water partition coefficient (Wildman–Crippen LogP) is 6.03. The van der Waals surface area contributed by atoms with Gasteiger partial charge in [-0.05, 0) is 39.9 Å². The van der Waals surface area contributed by atoms with Gasteiger partial charge in [-0.15, -0.1) is 0 Å². The van der Waals surface area contributed by atoms with Crippen molar-refractivity contribution in [2.24, 2.45) is 0 Å². The summed E-state index contributed by atoms with van der Waals surface area (Å²) in [6.45, 7) is 0.121. The summed E-state index contributed by atoms with van der Waals surface area (Å²) >= 11 is 0. The number of nitrogens with one attached hydrogen (secondary N) is 1. The lowest BCUT2D eigenvalue weighted by Crippen LogP contribution is -2.18. The average Bonchev–Trinajstić information content (AvgIpc) is 3.05. The molecule has 3 aromatic rings. The molecule has 1 unspecified atom stereocenters. The van der Waals surface area contributed by atoms with Gasteiger partial charge in [0.15, 0.2) is 0 Å². The second-order valence-corrected chi connectivity index (χ2v) is 7.41. The minimum atomic E-state index is -4.49. The first-order chi connectivity index (χ1) is 14.8. The second-order valence-electron chi connectivity index (χ2n) is 7.41. The van der Waals surface area contributed by atoms with Gasteiger partial charge in [0, 0.05) is 11.6 Å². The summed E-state index contributed by atoms with van der Waals surface area (Å²) in [6.07, 6.45) is -8.27. The molecular weight excluding hydrogens is 407 g/mol. The minimum Gasteiger partial charge on any atom is -0.448 e. The maximum Gasteiger partial charge on any atom is 0.411 e. The molecule has 0 heterocycles. The van der Waals surface area contributed by atoms with Crippen molar-refractivity contribution in [1.82, 2.24) is 0 Å². The number of carbonyl (C=O) groups excluding carboxylic acids is 1. The third-order valence-corrected chi connectivity index (χ3v) is 5.29. The van der Waals surface area contributed by atoms with Gasteiger partial charge in [-0.1, -0.05) is 60.7 Å². The number of hydrogen-bond acceptors (Lipinski definition) is 3. The average molecular weight is 427 g/mol. The summed E-state index contributed by atoms with van der Waals surface area (Å²) in [7, 11) is 0. The van der Waals surface area contributed by atoms with Crippen LogP contribution in [0.2, 0.25) is 0 Å². The molecule has 160 valence electrons. The first-order valence-electron chi connectivity index (χ1n) is 9.78. The van der Waals surface area contributed by atoms with Crippen LogP contribution in [-0.4, -0.2) is 24.0 Å². The van der Waals surface area contributed by atoms with Crippen LogP contribution in [0.3, 0.4) is 0 Å². The van der Waals surface area contributed by atoms with Gasteiger partial charge in [-0.3, -0.25) is 5.32 Å². The lowest BCUT2D eigenvalue weighted by atomic mass is 9.98. The van der Waals surface area contributed by atoms with Crippen molar-refractivity contribution in [3.63, 3.8) is 0 Å². The van der Waals surface area contributed by atoms with Gasteiger partial charge in [0.1, 0.15) is 6.61 Å². The Labute approximate surface area is 177 Å². The van der Waals surface area contributed by atoms with Crippen LogP contribution in [0.15, 0.2) is 72.8 Å². The van der Waals surface area contributed by atoms with Gasteiger partial charge in [-0.2, -0.15) is 13.2 Å². The number of fused-ring (bicyclic) bond motifs is 3. The summed E-state index contributed by atoms with van der Waals surface area (Å²) in [5, 5.41) is 12.3. The first kappa shape index (κ1) is 20.9. The number of halogens is 3. The fourth-order valence-corrected chi connectivity index (χ4v) is 3.91. The molecular formula is C24H20F3NO3. The Morgan fingerprint density at radius 1 is 0.968 bits per heavy atom. The number of benzene rings is 3. The lowest BCUT2D eigenvalue weighted by molar-refractivity contribution is -0.154. The molecule has 31 heavy (non-hydrogen) atoms. The predicted molar refractivity (Wildman–Crippen MR) is 111 cm³/mol. The number of aliphatic hydroxyl groups excluding tert-OH is 1. The van der Waals surface area contributed by atoms with Crippen molar-refractivity contribution < 1.29 is 27.8 Å². The summed E-state index contributed by atoms with van der Waals surface area (Å²) in [6, 6.07) is 21.6. The zero-order valence-electron chi connectivity index (χ0n) is 16.4. The maximum atomic E-state index is 12.5. The minimum absolute atomic E-state index is 0.0637. The first-order valence-corrected chi connectivity index (χ1v) is 9.78. The molecule has 4 nitrogen and oxygen atoms in total. The smallest absolute Gasteiger partial charge is 0.411 e. The van der Waals surface area contributed by atoms with E-state index in [1.807, 2.05) is 48.5 Å². The monoisotopic (exact) mass is 427 g/mol. The maximum absolute atomic E-state index is 12.5. The summed E-state index contributed by atoms with van der Waals surface area (Å²) in [4.78, 5) is 12.3. The van der Waals surface area contributed by atoms with Gasteiger partial charge >= 0.3 is 12.3 Å². The molecule has 1 atom stereocenters. The molecule has 1 amide bonds. The number of hydrogen-bond donors (Lipinski definition) is 2. The highest BCUT2D eigenvalue weighted by Gasteiger charge is 2.32. The Morgan fingerprint density at radius 3 is 2.19 bits per heavy atom. The number of aliphatic hydroxyl groups is 1. The molecule has 3 aromatic carbocycles. The molecule has 0 bridgehead atoms. The van der Waals surface area contributed by atoms with E-state index >= 15 is 0 Å². The van der Waals surface area contributed by atoms with Crippen molar-refractivity contribution in [3.8, 4) is 11.1 Å². The number of anilines is 1. The van der Waals surface area contributed by atoms with Crippen molar-refractivity contribution in [3.05, 3.63) is 89.5 Å². The van der Waals surface area contributed by atoms with Crippen LogP contribution in [0.1, 0.15) is 35.1 Å². The van der Waals surface area contributed by atoms with E-state index in [0.29, 0.717) is 0 Å². The molecule has 0 radical (unpaired) electrons. The van der Waals surface area contributed by atoms with Gasteiger partial charge in [-0.25, -0.2) is 4.79 Å².